The summed E-state index contributed by atoms with van der Waals surface area (Å²) in [6.07, 6.45) is 0.215. The molecule has 0 saturated heterocycles. The van der Waals surface area contributed by atoms with Crippen molar-refractivity contribution in [2.75, 3.05) is 26.7 Å². The number of hydrogen-bond acceptors (Lipinski definition) is 8. The molecule has 2 bridgehead atoms. The standard InChI is InChI=1S/C36H44FN7O6S/c1-21(2)31-34(49)39-23(4)36(50)43(5)15-16-44(30(46)18-25-11-13-26(37)14-12-25)19-29(45)40-27(17-24-9-7-6-8-10-24)35-41-28(20-51-35)33(48)38-22(3)32(47)42-31/h6-14,20-23,27,31H,15-19H2,1-5H3,(H,38,48)(H,39,49)(H,40,45)(H,42,47)/t22-,23+,27-,31-/m0/s1. The fourth-order valence-corrected chi connectivity index (χ4v) is 6.27. The lowest BCUT2D eigenvalue weighted by atomic mass is 10.0. The number of nitrogens with one attached hydrogen (secondary N) is 4. The van der Waals surface area contributed by atoms with Crippen LogP contribution in [0.25, 0.3) is 0 Å². The van der Waals surface area contributed by atoms with Crippen molar-refractivity contribution in [1.82, 2.24) is 36.1 Å². The van der Waals surface area contributed by atoms with Crippen LogP contribution in [0.2, 0.25) is 0 Å². The first-order chi connectivity index (χ1) is 24.2. The molecule has 4 atom stereocenters. The second-order valence-electron chi connectivity index (χ2n) is 12.9. The molecule has 51 heavy (non-hydrogen) atoms. The van der Waals surface area contributed by atoms with Crippen molar-refractivity contribution < 1.29 is 33.2 Å². The number of benzene rings is 2. The minimum Gasteiger partial charge on any atom is -0.345 e. The summed E-state index contributed by atoms with van der Waals surface area (Å²) in [5, 5.41) is 12.9. The van der Waals surface area contributed by atoms with E-state index >= 15 is 0 Å². The highest BCUT2D eigenvalue weighted by atomic mass is 32.1. The van der Waals surface area contributed by atoms with Gasteiger partial charge < -0.3 is 31.1 Å². The van der Waals surface area contributed by atoms with Gasteiger partial charge in [0.2, 0.25) is 29.5 Å². The Labute approximate surface area is 300 Å². The molecule has 3 aromatic rings. The lowest BCUT2D eigenvalue weighted by Crippen LogP contribution is -2.57. The highest BCUT2D eigenvalue weighted by Crippen LogP contribution is 2.23. The molecule has 2 aromatic carbocycles. The van der Waals surface area contributed by atoms with E-state index in [4.69, 9.17) is 0 Å². The number of rotatable bonds is 5. The summed E-state index contributed by atoms with van der Waals surface area (Å²) in [7, 11) is 1.52. The maximum atomic E-state index is 13.7. The number of amides is 6. The van der Waals surface area contributed by atoms with Crippen LogP contribution in [0.4, 0.5) is 4.39 Å². The van der Waals surface area contributed by atoms with Crippen LogP contribution in [-0.2, 0) is 36.8 Å². The predicted octanol–water partition coefficient (Wildman–Crippen LogP) is 1.99. The van der Waals surface area contributed by atoms with Crippen molar-refractivity contribution in [1.29, 1.82) is 0 Å². The van der Waals surface area contributed by atoms with Crippen molar-refractivity contribution in [2.24, 2.45) is 5.92 Å². The Hall–Kier alpha value is -5.18. The Balaban J connectivity index is 1.67. The molecule has 4 rings (SSSR count). The maximum absolute atomic E-state index is 13.7. The SMILES string of the molecule is CC(C)[C@@H]1NC(=O)[C@H](C)NC(=O)c2csc(n2)[C@H](Cc2ccccc2)NC(=O)CN(C(=O)Cc2ccc(F)cc2)CCN(C)C(=O)[C@@H](C)NC1=O. The van der Waals surface area contributed by atoms with Gasteiger partial charge in [0.1, 0.15) is 34.6 Å². The largest absolute Gasteiger partial charge is 0.345 e. The summed E-state index contributed by atoms with van der Waals surface area (Å²) < 4.78 is 13.6. The van der Waals surface area contributed by atoms with Crippen molar-refractivity contribution >= 4 is 46.8 Å². The van der Waals surface area contributed by atoms with Gasteiger partial charge in [-0.1, -0.05) is 56.3 Å². The van der Waals surface area contributed by atoms with Crippen LogP contribution in [-0.4, -0.2) is 95.0 Å². The molecule has 1 aliphatic heterocycles. The van der Waals surface area contributed by atoms with E-state index < -0.39 is 65.4 Å². The number of hydrogen-bond donors (Lipinski definition) is 4. The normalized spacial score (nSPS) is 21.7. The minimum atomic E-state index is -1.03. The van der Waals surface area contributed by atoms with Gasteiger partial charge in [0.05, 0.1) is 19.0 Å². The molecular formula is C36H44FN7O6S. The molecule has 4 N–H and O–H groups in total. The van der Waals surface area contributed by atoms with Crippen molar-refractivity contribution in [3.05, 3.63) is 87.6 Å². The Morgan fingerprint density at radius 2 is 1.57 bits per heavy atom. The van der Waals surface area contributed by atoms with Gasteiger partial charge in [-0.25, -0.2) is 9.37 Å². The number of nitrogens with zero attached hydrogens (tertiary/aromatic N) is 3. The molecule has 13 nitrogen and oxygen atoms in total. The Morgan fingerprint density at radius 3 is 2.24 bits per heavy atom. The predicted molar refractivity (Wildman–Crippen MR) is 189 cm³/mol. The van der Waals surface area contributed by atoms with Gasteiger partial charge in [0, 0.05) is 25.5 Å². The van der Waals surface area contributed by atoms with Crippen LogP contribution in [0, 0.1) is 11.7 Å². The molecule has 2 heterocycles. The third kappa shape index (κ3) is 10.9. The van der Waals surface area contributed by atoms with E-state index in [2.05, 4.69) is 26.3 Å². The van der Waals surface area contributed by atoms with E-state index in [0.717, 1.165) is 16.9 Å². The first-order valence-corrected chi connectivity index (χ1v) is 17.6. The number of halogens is 1. The number of thiazole rings is 1. The molecular weight excluding hydrogens is 678 g/mol. The van der Waals surface area contributed by atoms with Gasteiger partial charge in [-0.15, -0.1) is 11.3 Å². The van der Waals surface area contributed by atoms with Gasteiger partial charge >= 0.3 is 0 Å². The van der Waals surface area contributed by atoms with Crippen LogP contribution in [0.1, 0.15) is 60.4 Å². The molecule has 0 unspecified atom stereocenters. The van der Waals surface area contributed by atoms with Gasteiger partial charge in [-0.3, -0.25) is 28.8 Å². The van der Waals surface area contributed by atoms with Gasteiger partial charge in [0.15, 0.2) is 0 Å². The molecule has 0 fully saturated rings. The molecule has 1 aliphatic rings. The summed E-state index contributed by atoms with van der Waals surface area (Å²) in [6.45, 7) is 6.11. The monoisotopic (exact) mass is 721 g/mol. The van der Waals surface area contributed by atoms with Gasteiger partial charge in [0.25, 0.3) is 5.91 Å². The van der Waals surface area contributed by atoms with Gasteiger partial charge in [-0.2, -0.15) is 0 Å². The zero-order valence-electron chi connectivity index (χ0n) is 29.3. The summed E-state index contributed by atoms with van der Waals surface area (Å²) >= 11 is 1.16. The van der Waals surface area contributed by atoms with Crippen LogP contribution in [0.5, 0.6) is 0 Å². The van der Waals surface area contributed by atoms with Crippen molar-refractivity contribution in [2.45, 2.75) is 64.7 Å². The summed E-state index contributed by atoms with van der Waals surface area (Å²) in [4.78, 5) is 87.3. The molecule has 0 aliphatic carbocycles. The summed E-state index contributed by atoms with van der Waals surface area (Å²) in [6, 6.07) is 11.1. The first-order valence-electron chi connectivity index (χ1n) is 16.7. The van der Waals surface area contributed by atoms with Crippen molar-refractivity contribution in [3.63, 3.8) is 0 Å². The number of aromatic nitrogens is 1. The number of likely N-dealkylation sites (N-methyl/N-ethyl adjacent to an activating group) is 1. The van der Waals surface area contributed by atoms with E-state index in [1.54, 1.807) is 13.8 Å². The fourth-order valence-electron chi connectivity index (χ4n) is 5.42. The fraction of sp³-hybridized carbons (Fsp3) is 0.417. The zero-order valence-corrected chi connectivity index (χ0v) is 30.1. The second kappa shape index (κ2) is 17.7. The summed E-state index contributed by atoms with van der Waals surface area (Å²) in [5.74, 6) is -4.00. The Morgan fingerprint density at radius 1 is 0.882 bits per heavy atom. The minimum absolute atomic E-state index is 0.0240. The third-order valence-electron chi connectivity index (χ3n) is 8.42. The lowest BCUT2D eigenvalue weighted by Gasteiger charge is -2.29. The quantitative estimate of drug-likeness (QED) is 0.312. The number of carbonyl (C=O) groups is 6. The lowest BCUT2D eigenvalue weighted by molar-refractivity contribution is -0.138. The smallest absolute Gasteiger partial charge is 0.271 e. The zero-order chi connectivity index (χ0) is 37.2. The average Bonchev–Trinajstić information content (AvgIpc) is 3.59. The van der Waals surface area contributed by atoms with Crippen LogP contribution >= 0.6 is 11.3 Å². The molecule has 1 aromatic heterocycles. The molecule has 15 heteroatoms. The summed E-state index contributed by atoms with van der Waals surface area (Å²) in [5.41, 5.74) is 1.47. The van der Waals surface area contributed by atoms with Gasteiger partial charge in [-0.05, 0) is 49.4 Å². The van der Waals surface area contributed by atoms with Crippen LogP contribution in [0.3, 0.4) is 0 Å². The second-order valence-corrected chi connectivity index (χ2v) is 13.8. The molecule has 0 saturated carbocycles. The molecule has 0 radical (unpaired) electrons. The topological polar surface area (TPSA) is 170 Å². The highest BCUT2D eigenvalue weighted by molar-refractivity contribution is 7.09. The van der Waals surface area contributed by atoms with E-state index in [0.29, 0.717) is 17.0 Å². The maximum Gasteiger partial charge on any atom is 0.271 e. The molecule has 272 valence electrons. The van der Waals surface area contributed by atoms with E-state index in [9.17, 15) is 33.2 Å². The van der Waals surface area contributed by atoms with Crippen LogP contribution < -0.4 is 21.3 Å². The Bertz CT molecular complexity index is 1720. The number of fused-ring (bicyclic) bond motifs is 2. The molecule has 6 amide bonds. The highest BCUT2D eigenvalue weighted by Gasteiger charge is 2.31. The third-order valence-corrected chi connectivity index (χ3v) is 9.38. The Kier molecular flexibility index (Phi) is 13.4. The van der Waals surface area contributed by atoms with E-state index in [1.807, 2.05) is 30.3 Å². The van der Waals surface area contributed by atoms with Crippen molar-refractivity contribution in [3.8, 4) is 0 Å². The average molecular weight is 722 g/mol. The first kappa shape index (κ1) is 38.6. The number of carbonyl (C=O) groups excluding carboxylic acids is 6. The molecule has 0 spiro atoms. The van der Waals surface area contributed by atoms with E-state index in [1.165, 1.54) is 60.3 Å². The van der Waals surface area contributed by atoms with Crippen LogP contribution in [0.15, 0.2) is 60.0 Å². The van der Waals surface area contributed by atoms with E-state index in [-0.39, 0.29) is 37.7 Å².